The normalized spacial score (nSPS) is 19.2. The molecule has 0 radical (unpaired) electrons. The number of nitrogens with zero attached hydrogens (tertiary/aromatic N) is 1. The van der Waals surface area contributed by atoms with Gasteiger partial charge in [-0.05, 0) is 64.1 Å². The van der Waals surface area contributed by atoms with E-state index in [0.29, 0.717) is 23.7 Å². The van der Waals surface area contributed by atoms with E-state index in [0.717, 1.165) is 30.6 Å². The first-order valence-corrected chi connectivity index (χ1v) is 9.36. The SMILES string of the molecule is CC1(C)C=Cc2c(c(OCCN3CCCCC3)cc3ccc(=O)oc23)O1. The molecule has 0 unspecified atom stereocenters. The van der Waals surface area contributed by atoms with Crippen LogP contribution in [0.15, 0.2) is 33.5 Å². The standard InChI is InChI=1S/C21H25NO4/c1-21(2)9-8-16-19-15(6-7-18(23)25-19)14-17(20(16)26-21)24-13-12-22-10-4-3-5-11-22/h6-9,14H,3-5,10-13H2,1-2H3. The predicted molar refractivity (Wildman–Crippen MR) is 102 cm³/mol. The summed E-state index contributed by atoms with van der Waals surface area (Å²) in [6.45, 7) is 7.82. The van der Waals surface area contributed by atoms with Gasteiger partial charge in [0.05, 0.1) is 5.56 Å². The van der Waals surface area contributed by atoms with E-state index in [2.05, 4.69) is 4.90 Å². The van der Waals surface area contributed by atoms with Crippen molar-refractivity contribution in [1.29, 1.82) is 0 Å². The van der Waals surface area contributed by atoms with E-state index in [1.165, 1.54) is 25.3 Å². The number of hydrogen-bond acceptors (Lipinski definition) is 5. The van der Waals surface area contributed by atoms with Crippen LogP contribution in [0.3, 0.4) is 0 Å². The lowest BCUT2D eigenvalue weighted by Crippen LogP contribution is -2.33. The van der Waals surface area contributed by atoms with E-state index in [9.17, 15) is 4.79 Å². The first-order chi connectivity index (χ1) is 12.5. The summed E-state index contributed by atoms with van der Waals surface area (Å²) in [5.74, 6) is 1.36. The molecule has 0 spiro atoms. The lowest BCUT2D eigenvalue weighted by molar-refractivity contribution is 0.142. The highest BCUT2D eigenvalue weighted by molar-refractivity contribution is 5.91. The van der Waals surface area contributed by atoms with Gasteiger partial charge in [0.15, 0.2) is 11.5 Å². The van der Waals surface area contributed by atoms with Gasteiger partial charge >= 0.3 is 5.63 Å². The van der Waals surface area contributed by atoms with Gasteiger partial charge in [0.2, 0.25) is 0 Å². The Hall–Kier alpha value is -2.27. The van der Waals surface area contributed by atoms with Crippen molar-refractivity contribution in [2.75, 3.05) is 26.2 Å². The molecule has 0 aliphatic carbocycles. The minimum atomic E-state index is -0.430. The number of rotatable bonds is 4. The molecule has 4 rings (SSSR count). The maximum Gasteiger partial charge on any atom is 0.336 e. The lowest BCUT2D eigenvalue weighted by Gasteiger charge is -2.30. The van der Waals surface area contributed by atoms with E-state index in [4.69, 9.17) is 13.9 Å². The fraction of sp³-hybridized carbons (Fsp3) is 0.476. The second-order valence-corrected chi connectivity index (χ2v) is 7.58. The maximum absolute atomic E-state index is 11.7. The number of likely N-dealkylation sites (tertiary alicyclic amines) is 1. The van der Waals surface area contributed by atoms with Crippen LogP contribution in [0.4, 0.5) is 0 Å². The Morgan fingerprint density at radius 1 is 1.19 bits per heavy atom. The smallest absolute Gasteiger partial charge is 0.336 e. The summed E-state index contributed by atoms with van der Waals surface area (Å²) in [4.78, 5) is 14.1. The van der Waals surface area contributed by atoms with Gasteiger partial charge in [-0.2, -0.15) is 0 Å². The molecule has 0 bridgehead atoms. The summed E-state index contributed by atoms with van der Waals surface area (Å²) in [7, 11) is 0. The van der Waals surface area contributed by atoms with E-state index in [-0.39, 0.29) is 5.63 Å². The average molecular weight is 355 g/mol. The third-order valence-electron chi connectivity index (χ3n) is 4.99. The third-order valence-corrected chi connectivity index (χ3v) is 4.99. The number of ether oxygens (including phenoxy) is 2. The molecule has 0 atom stereocenters. The average Bonchev–Trinajstić information content (AvgIpc) is 2.62. The quantitative estimate of drug-likeness (QED) is 0.780. The fourth-order valence-electron chi connectivity index (χ4n) is 3.61. The van der Waals surface area contributed by atoms with Gasteiger partial charge in [0.25, 0.3) is 0 Å². The highest BCUT2D eigenvalue weighted by atomic mass is 16.5. The van der Waals surface area contributed by atoms with Gasteiger partial charge in [0.1, 0.15) is 17.8 Å². The second kappa shape index (κ2) is 6.80. The monoisotopic (exact) mass is 355 g/mol. The molecule has 0 amide bonds. The largest absolute Gasteiger partial charge is 0.488 e. The van der Waals surface area contributed by atoms with Crippen LogP contribution in [0.1, 0.15) is 38.7 Å². The van der Waals surface area contributed by atoms with Crippen molar-refractivity contribution in [3.63, 3.8) is 0 Å². The molecule has 0 N–H and O–H groups in total. The van der Waals surface area contributed by atoms with E-state index < -0.39 is 5.60 Å². The van der Waals surface area contributed by atoms with Gasteiger partial charge in [-0.1, -0.05) is 6.42 Å². The Labute approximate surface area is 153 Å². The zero-order valence-corrected chi connectivity index (χ0v) is 15.4. The van der Waals surface area contributed by atoms with Crippen LogP contribution in [0.2, 0.25) is 0 Å². The van der Waals surface area contributed by atoms with Crippen molar-refractivity contribution < 1.29 is 13.9 Å². The van der Waals surface area contributed by atoms with E-state index >= 15 is 0 Å². The molecule has 1 saturated heterocycles. The maximum atomic E-state index is 11.7. The Bertz CT molecular complexity index is 891. The number of benzene rings is 1. The molecule has 138 valence electrons. The Kier molecular flexibility index (Phi) is 4.49. The van der Waals surface area contributed by atoms with Crippen molar-refractivity contribution in [2.45, 2.75) is 38.7 Å². The minimum Gasteiger partial charge on any atom is -0.488 e. The molecule has 1 aromatic carbocycles. The van der Waals surface area contributed by atoms with Crippen LogP contribution >= 0.6 is 0 Å². The molecule has 1 fully saturated rings. The van der Waals surface area contributed by atoms with Crippen LogP contribution in [0.25, 0.3) is 17.0 Å². The lowest BCUT2D eigenvalue weighted by atomic mass is 10.00. The van der Waals surface area contributed by atoms with Gasteiger partial charge in [0, 0.05) is 18.0 Å². The zero-order chi connectivity index (χ0) is 18.1. The molecule has 5 nitrogen and oxygen atoms in total. The molecule has 0 saturated carbocycles. The first-order valence-electron chi connectivity index (χ1n) is 9.36. The molecule has 3 heterocycles. The highest BCUT2D eigenvalue weighted by Gasteiger charge is 2.27. The molecular weight excluding hydrogens is 330 g/mol. The summed E-state index contributed by atoms with van der Waals surface area (Å²) in [6, 6.07) is 5.11. The summed E-state index contributed by atoms with van der Waals surface area (Å²) < 4.78 is 17.7. The summed E-state index contributed by atoms with van der Waals surface area (Å²) in [5, 5.41) is 0.837. The Morgan fingerprint density at radius 2 is 2.00 bits per heavy atom. The first kappa shape index (κ1) is 17.2. The number of hydrogen-bond donors (Lipinski definition) is 0. The Balaban J connectivity index is 1.64. The molecule has 5 heteroatoms. The van der Waals surface area contributed by atoms with Gasteiger partial charge in [-0.25, -0.2) is 4.79 Å². The predicted octanol–water partition coefficient (Wildman–Crippen LogP) is 3.84. The third kappa shape index (κ3) is 3.49. The van der Waals surface area contributed by atoms with Crippen LogP contribution in [-0.4, -0.2) is 36.7 Å². The van der Waals surface area contributed by atoms with Crippen molar-refractivity contribution in [3.05, 3.63) is 40.3 Å². The summed E-state index contributed by atoms with van der Waals surface area (Å²) in [5.41, 5.74) is 0.521. The van der Waals surface area contributed by atoms with Gasteiger partial charge in [-0.15, -0.1) is 0 Å². The molecule has 2 aliphatic heterocycles. The van der Waals surface area contributed by atoms with E-state index in [1.807, 2.05) is 32.1 Å². The van der Waals surface area contributed by atoms with Crippen molar-refractivity contribution in [2.24, 2.45) is 0 Å². The number of fused-ring (bicyclic) bond motifs is 3. The second-order valence-electron chi connectivity index (χ2n) is 7.58. The van der Waals surface area contributed by atoms with Gasteiger partial charge in [-0.3, -0.25) is 4.90 Å². The van der Waals surface area contributed by atoms with Crippen LogP contribution in [0, 0.1) is 0 Å². The zero-order valence-electron chi connectivity index (χ0n) is 15.4. The molecule has 2 aliphatic rings. The highest BCUT2D eigenvalue weighted by Crippen LogP contribution is 2.43. The molecular formula is C21H25NO4. The summed E-state index contributed by atoms with van der Waals surface area (Å²) >= 11 is 0. The van der Waals surface area contributed by atoms with Crippen molar-refractivity contribution in [3.8, 4) is 11.5 Å². The summed E-state index contributed by atoms with van der Waals surface area (Å²) in [6.07, 6.45) is 7.80. The van der Waals surface area contributed by atoms with Crippen LogP contribution in [-0.2, 0) is 0 Å². The fourth-order valence-corrected chi connectivity index (χ4v) is 3.61. The molecule has 26 heavy (non-hydrogen) atoms. The van der Waals surface area contributed by atoms with E-state index in [1.54, 1.807) is 6.07 Å². The number of piperidine rings is 1. The topological polar surface area (TPSA) is 51.9 Å². The van der Waals surface area contributed by atoms with Crippen LogP contribution < -0.4 is 15.1 Å². The van der Waals surface area contributed by atoms with Crippen molar-refractivity contribution in [1.82, 2.24) is 4.90 Å². The van der Waals surface area contributed by atoms with Crippen molar-refractivity contribution >= 4 is 17.0 Å². The minimum absolute atomic E-state index is 0.364. The van der Waals surface area contributed by atoms with Crippen LogP contribution in [0.5, 0.6) is 11.5 Å². The molecule has 2 aromatic rings. The molecule has 1 aromatic heterocycles. The van der Waals surface area contributed by atoms with Gasteiger partial charge < -0.3 is 13.9 Å². The Morgan fingerprint density at radius 3 is 2.81 bits per heavy atom.